The second kappa shape index (κ2) is 4.95. The Morgan fingerprint density at radius 2 is 1.73 bits per heavy atom. The van der Waals surface area contributed by atoms with Crippen molar-refractivity contribution in [3.05, 3.63) is 35.5 Å². The zero-order valence-electron chi connectivity index (χ0n) is 8.07. The molecule has 0 aliphatic rings. The summed E-state index contributed by atoms with van der Waals surface area (Å²) in [5.41, 5.74) is 3.82. The highest BCUT2D eigenvalue weighted by atomic mass is 13.9. The minimum absolute atomic E-state index is 1.11. The Balaban J connectivity index is 4.26. The zero-order valence-corrected chi connectivity index (χ0v) is 8.07. The molecular formula is C11H18. The summed E-state index contributed by atoms with van der Waals surface area (Å²) in [6.07, 6.45) is 5.43. The summed E-state index contributed by atoms with van der Waals surface area (Å²) in [6.45, 7) is 12.3. The van der Waals surface area contributed by atoms with Crippen LogP contribution in [0.4, 0.5) is 0 Å². The molecule has 0 aromatic heterocycles. The normalized spacial score (nSPS) is 13.5. The SMILES string of the molecule is C=C(C)/C=C(C)\C=C(\C)CC. The van der Waals surface area contributed by atoms with Crippen molar-refractivity contribution in [1.82, 2.24) is 0 Å². The summed E-state index contributed by atoms with van der Waals surface area (Å²) in [5, 5.41) is 0. The Kier molecular flexibility index (Phi) is 4.60. The van der Waals surface area contributed by atoms with Crippen molar-refractivity contribution < 1.29 is 0 Å². The van der Waals surface area contributed by atoms with Crippen LogP contribution < -0.4 is 0 Å². The van der Waals surface area contributed by atoms with Crippen molar-refractivity contribution in [2.75, 3.05) is 0 Å². The molecule has 0 aliphatic heterocycles. The van der Waals surface area contributed by atoms with E-state index >= 15 is 0 Å². The van der Waals surface area contributed by atoms with E-state index in [0.29, 0.717) is 0 Å². The van der Waals surface area contributed by atoms with Gasteiger partial charge in [0.1, 0.15) is 0 Å². The molecule has 0 saturated carbocycles. The number of hydrogen-bond acceptors (Lipinski definition) is 0. The fourth-order valence-electron chi connectivity index (χ4n) is 0.921. The van der Waals surface area contributed by atoms with E-state index < -0.39 is 0 Å². The maximum atomic E-state index is 3.82. The molecule has 0 aliphatic carbocycles. The van der Waals surface area contributed by atoms with Gasteiger partial charge in [-0.1, -0.05) is 42.4 Å². The molecule has 0 heterocycles. The predicted molar refractivity (Wildman–Crippen MR) is 52.6 cm³/mol. The summed E-state index contributed by atoms with van der Waals surface area (Å²) >= 11 is 0. The molecule has 0 unspecified atom stereocenters. The molecule has 0 heteroatoms. The average molecular weight is 150 g/mol. The van der Waals surface area contributed by atoms with E-state index in [-0.39, 0.29) is 0 Å². The Bertz CT molecular complexity index is 192. The topological polar surface area (TPSA) is 0 Å². The third-order valence-electron chi connectivity index (χ3n) is 1.51. The summed E-state index contributed by atoms with van der Waals surface area (Å²) in [5.74, 6) is 0. The fraction of sp³-hybridized carbons (Fsp3) is 0.455. The van der Waals surface area contributed by atoms with E-state index in [0.717, 1.165) is 12.0 Å². The van der Waals surface area contributed by atoms with Crippen molar-refractivity contribution >= 4 is 0 Å². The van der Waals surface area contributed by atoms with Gasteiger partial charge in [0.15, 0.2) is 0 Å². The number of rotatable bonds is 3. The molecule has 11 heavy (non-hydrogen) atoms. The molecular weight excluding hydrogens is 132 g/mol. The summed E-state index contributed by atoms with van der Waals surface area (Å²) in [7, 11) is 0. The molecule has 0 amide bonds. The molecule has 0 fully saturated rings. The molecule has 0 radical (unpaired) electrons. The van der Waals surface area contributed by atoms with Gasteiger partial charge in [-0.05, 0) is 27.2 Å². The van der Waals surface area contributed by atoms with Crippen LogP contribution in [0.2, 0.25) is 0 Å². The van der Waals surface area contributed by atoms with Crippen LogP contribution in [-0.2, 0) is 0 Å². The third kappa shape index (κ3) is 5.65. The summed E-state index contributed by atoms with van der Waals surface area (Å²) in [4.78, 5) is 0. The lowest BCUT2D eigenvalue weighted by Crippen LogP contribution is -1.75. The lowest BCUT2D eigenvalue weighted by Gasteiger charge is -1.96. The average Bonchev–Trinajstić information content (AvgIpc) is 1.85. The zero-order chi connectivity index (χ0) is 8.85. The van der Waals surface area contributed by atoms with E-state index in [1.165, 1.54) is 11.1 Å². The molecule has 0 bridgehead atoms. The lowest BCUT2D eigenvalue weighted by atomic mass is 10.1. The van der Waals surface area contributed by atoms with Crippen LogP contribution in [0, 0.1) is 0 Å². The minimum atomic E-state index is 1.11. The van der Waals surface area contributed by atoms with Gasteiger partial charge in [0.2, 0.25) is 0 Å². The molecule has 0 rings (SSSR count). The summed E-state index contributed by atoms with van der Waals surface area (Å²) < 4.78 is 0. The second-order valence-corrected chi connectivity index (χ2v) is 3.08. The van der Waals surface area contributed by atoms with Crippen molar-refractivity contribution in [3.63, 3.8) is 0 Å². The van der Waals surface area contributed by atoms with Crippen LogP contribution in [0.3, 0.4) is 0 Å². The van der Waals surface area contributed by atoms with Crippen LogP contribution in [0.1, 0.15) is 34.1 Å². The Morgan fingerprint density at radius 3 is 2.09 bits per heavy atom. The van der Waals surface area contributed by atoms with Crippen molar-refractivity contribution in [1.29, 1.82) is 0 Å². The first-order chi connectivity index (χ1) is 5.06. The van der Waals surface area contributed by atoms with Gasteiger partial charge in [0.25, 0.3) is 0 Å². The lowest BCUT2D eigenvalue weighted by molar-refractivity contribution is 1.09. The van der Waals surface area contributed by atoms with E-state index in [2.05, 4.69) is 39.5 Å². The van der Waals surface area contributed by atoms with Crippen molar-refractivity contribution in [2.45, 2.75) is 34.1 Å². The predicted octanol–water partition coefficient (Wildman–Crippen LogP) is 3.87. The van der Waals surface area contributed by atoms with Gasteiger partial charge >= 0.3 is 0 Å². The molecule has 0 atom stereocenters. The standard InChI is InChI=1S/C11H18/c1-6-10(4)8-11(5)7-9(2)3/h7-8H,2,6H2,1,3-5H3/b10-8-,11-7-. The van der Waals surface area contributed by atoms with Gasteiger partial charge in [0.05, 0.1) is 0 Å². The maximum absolute atomic E-state index is 3.82. The Labute approximate surface area is 70.3 Å². The van der Waals surface area contributed by atoms with Gasteiger partial charge < -0.3 is 0 Å². The highest BCUT2D eigenvalue weighted by Crippen LogP contribution is 2.06. The Hall–Kier alpha value is -0.780. The first-order valence-electron chi connectivity index (χ1n) is 4.07. The monoisotopic (exact) mass is 150 g/mol. The quantitative estimate of drug-likeness (QED) is 0.536. The van der Waals surface area contributed by atoms with Crippen LogP contribution in [0.25, 0.3) is 0 Å². The van der Waals surface area contributed by atoms with Gasteiger partial charge in [-0.15, -0.1) is 0 Å². The van der Waals surface area contributed by atoms with E-state index in [9.17, 15) is 0 Å². The molecule has 62 valence electrons. The molecule has 0 aromatic carbocycles. The number of allylic oxidation sites excluding steroid dienone is 5. The van der Waals surface area contributed by atoms with Crippen LogP contribution in [-0.4, -0.2) is 0 Å². The fourth-order valence-corrected chi connectivity index (χ4v) is 0.921. The van der Waals surface area contributed by atoms with Crippen LogP contribution >= 0.6 is 0 Å². The Morgan fingerprint density at radius 1 is 1.18 bits per heavy atom. The molecule has 0 spiro atoms. The van der Waals surface area contributed by atoms with E-state index in [4.69, 9.17) is 0 Å². The smallest absolute Gasteiger partial charge is 0.0348 e. The first-order valence-corrected chi connectivity index (χ1v) is 4.07. The number of hydrogen-bond donors (Lipinski definition) is 0. The molecule has 0 saturated heterocycles. The van der Waals surface area contributed by atoms with E-state index in [1.54, 1.807) is 0 Å². The van der Waals surface area contributed by atoms with Crippen molar-refractivity contribution in [2.24, 2.45) is 0 Å². The highest BCUT2D eigenvalue weighted by molar-refractivity contribution is 5.27. The van der Waals surface area contributed by atoms with Crippen LogP contribution in [0.15, 0.2) is 35.5 Å². The van der Waals surface area contributed by atoms with Gasteiger partial charge in [-0.2, -0.15) is 0 Å². The second-order valence-electron chi connectivity index (χ2n) is 3.08. The third-order valence-corrected chi connectivity index (χ3v) is 1.51. The highest BCUT2D eigenvalue weighted by Gasteiger charge is 1.85. The minimum Gasteiger partial charge on any atom is -0.0961 e. The van der Waals surface area contributed by atoms with Gasteiger partial charge in [-0.25, -0.2) is 0 Å². The van der Waals surface area contributed by atoms with Gasteiger partial charge in [-0.3, -0.25) is 0 Å². The molecule has 0 nitrogen and oxygen atoms in total. The van der Waals surface area contributed by atoms with Crippen LogP contribution in [0.5, 0.6) is 0 Å². The van der Waals surface area contributed by atoms with Crippen molar-refractivity contribution in [3.8, 4) is 0 Å². The maximum Gasteiger partial charge on any atom is -0.0348 e. The molecule has 0 aromatic rings. The molecule has 0 N–H and O–H groups in total. The largest absolute Gasteiger partial charge is 0.0961 e. The van der Waals surface area contributed by atoms with E-state index in [1.807, 2.05) is 6.92 Å². The first kappa shape index (κ1) is 10.2. The van der Waals surface area contributed by atoms with Gasteiger partial charge in [0, 0.05) is 0 Å². The summed E-state index contributed by atoms with van der Waals surface area (Å²) in [6, 6.07) is 0.